The molecule has 2 fully saturated rings. The molecule has 2 aliphatic rings. The second-order valence-electron chi connectivity index (χ2n) is 6.35. The summed E-state index contributed by atoms with van der Waals surface area (Å²) in [6, 6.07) is 5.36. The molecule has 0 amide bonds. The van der Waals surface area contributed by atoms with E-state index in [1.165, 1.54) is 19.3 Å². The molecule has 7 heteroatoms. The second-order valence-corrected chi connectivity index (χ2v) is 7.21. The molecule has 3 nitrogen and oxygen atoms in total. The molecule has 23 heavy (non-hydrogen) atoms. The number of halogens is 4. The lowest BCUT2D eigenvalue weighted by Crippen LogP contribution is -2.38. The van der Waals surface area contributed by atoms with Gasteiger partial charge < -0.3 is 10.1 Å². The van der Waals surface area contributed by atoms with Gasteiger partial charge in [0.1, 0.15) is 5.75 Å². The van der Waals surface area contributed by atoms with Crippen LogP contribution in [0.5, 0.6) is 5.75 Å². The normalized spacial score (nSPS) is 20.7. The SMILES string of the molecule is Cl.FC(F)Oc1ccc(CN2CCC3(CCNCC3)C2)cc1Br. The number of nitrogens with one attached hydrogen (secondary N) is 1. The zero-order valence-electron chi connectivity index (χ0n) is 12.9. The van der Waals surface area contributed by atoms with Gasteiger partial charge in [-0.25, -0.2) is 0 Å². The number of benzene rings is 1. The van der Waals surface area contributed by atoms with Crippen molar-refractivity contribution in [1.29, 1.82) is 0 Å². The first kappa shape index (κ1) is 18.9. The third-order valence-electron chi connectivity index (χ3n) is 4.80. The van der Waals surface area contributed by atoms with E-state index in [9.17, 15) is 8.78 Å². The van der Waals surface area contributed by atoms with Crippen LogP contribution in [0.2, 0.25) is 0 Å². The summed E-state index contributed by atoms with van der Waals surface area (Å²) in [6.07, 6.45) is 3.78. The van der Waals surface area contributed by atoms with Gasteiger partial charge in [0.2, 0.25) is 0 Å². The number of piperidine rings is 1. The van der Waals surface area contributed by atoms with E-state index in [1.54, 1.807) is 6.07 Å². The first-order valence-corrected chi connectivity index (χ1v) is 8.52. The van der Waals surface area contributed by atoms with E-state index >= 15 is 0 Å². The zero-order chi connectivity index (χ0) is 15.6. The first-order chi connectivity index (χ1) is 10.6. The number of hydrogen-bond acceptors (Lipinski definition) is 3. The van der Waals surface area contributed by atoms with Gasteiger partial charge >= 0.3 is 6.61 Å². The molecule has 0 aromatic heterocycles. The van der Waals surface area contributed by atoms with Crippen LogP contribution in [0.3, 0.4) is 0 Å². The topological polar surface area (TPSA) is 24.5 Å². The maximum atomic E-state index is 12.3. The molecule has 1 spiro atoms. The van der Waals surface area contributed by atoms with Crippen LogP contribution in [0.15, 0.2) is 22.7 Å². The molecule has 0 bridgehead atoms. The van der Waals surface area contributed by atoms with Crippen LogP contribution in [0, 0.1) is 5.41 Å². The predicted octanol–water partition coefficient (Wildman–Crippen LogP) is 4.05. The van der Waals surface area contributed by atoms with Crippen molar-refractivity contribution < 1.29 is 13.5 Å². The van der Waals surface area contributed by atoms with Crippen molar-refractivity contribution in [2.45, 2.75) is 32.4 Å². The van der Waals surface area contributed by atoms with Gasteiger partial charge in [0.05, 0.1) is 4.47 Å². The summed E-state index contributed by atoms with van der Waals surface area (Å²) < 4.78 is 29.6. The highest BCUT2D eigenvalue weighted by atomic mass is 79.9. The van der Waals surface area contributed by atoms with Crippen molar-refractivity contribution in [1.82, 2.24) is 10.2 Å². The second kappa shape index (κ2) is 8.10. The first-order valence-electron chi connectivity index (χ1n) is 7.73. The van der Waals surface area contributed by atoms with E-state index in [4.69, 9.17) is 0 Å². The van der Waals surface area contributed by atoms with E-state index in [2.05, 4.69) is 30.9 Å². The van der Waals surface area contributed by atoms with Crippen molar-refractivity contribution in [3.05, 3.63) is 28.2 Å². The molecule has 0 unspecified atom stereocenters. The summed E-state index contributed by atoms with van der Waals surface area (Å²) >= 11 is 3.31. The fraction of sp³-hybridized carbons (Fsp3) is 0.625. The molecule has 0 atom stereocenters. The van der Waals surface area contributed by atoms with Crippen molar-refractivity contribution in [2.24, 2.45) is 5.41 Å². The molecule has 0 aliphatic carbocycles. The van der Waals surface area contributed by atoms with Crippen molar-refractivity contribution in [2.75, 3.05) is 26.2 Å². The maximum Gasteiger partial charge on any atom is 0.387 e. The van der Waals surface area contributed by atoms with Gasteiger partial charge in [-0.1, -0.05) is 6.07 Å². The number of ether oxygens (including phenoxy) is 1. The molecular weight excluding hydrogens is 390 g/mol. The van der Waals surface area contributed by atoms with Crippen LogP contribution in [0.4, 0.5) is 8.78 Å². The molecule has 0 radical (unpaired) electrons. The lowest BCUT2D eigenvalue weighted by atomic mass is 9.78. The maximum absolute atomic E-state index is 12.3. The van der Waals surface area contributed by atoms with Crippen molar-refractivity contribution >= 4 is 28.3 Å². The number of nitrogens with zero attached hydrogens (tertiary/aromatic N) is 1. The van der Waals surface area contributed by atoms with E-state index in [0.29, 0.717) is 9.89 Å². The minimum absolute atomic E-state index is 0. The average Bonchev–Trinajstić information content (AvgIpc) is 2.85. The Bertz CT molecular complexity index is 527. The Balaban J connectivity index is 0.00000192. The number of hydrogen-bond donors (Lipinski definition) is 1. The van der Waals surface area contributed by atoms with Gasteiger partial charge in [-0.15, -0.1) is 12.4 Å². The Morgan fingerprint density at radius 2 is 2.00 bits per heavy atom. The smallest absolute Gasteiger partial charge is 0.387 e. The molecule has 0 saturated carbocycles. The van der Waals surface area contributed by atoms with Crippen molar-refractivity contribution in [3.8, 4) is 5.75 Å². The summed E-state index contributed by atoms with van der Waals surface area (Å²) in [6.45, 7) is 2.58. The van der Waals surface area contributed by atoms with Crippen LogP contribution in [0.1, 0.15) is 24.8 Å². The molecule has 1 aromatic carbocycles. The Labute approximate surface area is 150 Å². The van der Waals surface area contributed by atoms with Gasteiger partial charge in [-0.3, -0.25) is 4.90 Å². The van der Waals surface area contributed by atoms with Crippen molar-refractivity contribution in [3.63, 3.8) is 0 Å². The van der Waals surface area contributed by atoms with Gasteiger partial charge in [0.15, 0.2) is 0 Å². The Morgan fingerprint density at radius 1 is 1.26 bits per heavy atom. The summed E-state index contributed by atoms with van der Waals surface area (Å²) in [5.74, 6) is 0.190. The molecule has 1 N–H and O–H groups in total. The largest absolute Gasteiger partial charge is 0.434 e. The van der Waals surface area contributed by atoms with E-state index < -0.39 is 6.61 Å². The third-order valence-corrected chi connectivity index (χ3v) is 5.42. The van der Waals surface area contributed by atoms with E-state index in [0.717, 1.165) is 38.3 Å². The standard InChI is InChI=1S/C16H21BrF2N2O.ClH/c17-13-9-12(1-2-14(13)22-15(18)19)10-21-8-5-16(11-21)3-6-20-7-4-16;/h1-2,9,15,20H,3-8,10-11H2;1H. The van der Waals surface area contributed by atoms with E-state index in [1.807, 2.05) is 12.1 Å². The fourth-order valence-electron chi connectivity index (χ4n) is 3.62. The monoisotopic (exact) mass is 410 g/mol. The lowest BCUT2D eigenvalue weighted by Gasteiger charge is -2.34. The van der Waals surface area contributed by atoms with Crippen LogP contribution in [0.25, 0.3) is 0 Å². The van der Waals surface area contributed by atoms with E-state index in [-0.39, 0.29) is 18.2 Å². The van der Waals surface area contributed by atoms with Gasteiger partial charge in [0.25, 0.3) is 0 Å². The highest BCUT2D eigenvalue weighted by Gasteiger charge is 2.38. The summed E-state index contributed by atoms with van der Waals surface area (Å²) in [4.78, 5) is 2.47. The highest BCUT2D eigenvalue weighted by Crippen LogP contribution is 2.39. The highest BCUT2D eigenvalue weighted by molar-refractivity contribution is 9.10. The molecule has 3 rings (SSSR count). The summed E-state index contributed by atoms with van der Waals surface area (Å²) in [7, 11) is 0. The third kappa shape index (κ3) is 4.78. The van der Waals surface area contributed by atoms with Crippen LogP contribution in [-0.2, 0) is 6.54 Å². The number of likely N-dealkylation sites (tertiary alicyclic amines) is 1. The quantitative estimate of drug-likeness (QED) is 0.809. The molecule has 2 saturated heterocycles. The Morgan fingerprint density at radius 3 is 2.65 bits per heavy atom. The van der Waals surface area contributed by atoms with Crippen LogP contribution >= 0.6 is 28.3 Å². The lowest BCUT2D eigenvalue weighted by molar-refractivity contribution is -0.0503. The molecule has 130 valence electrons. The Kier molecular flexibility index (Phi) is 6.66. The minimum Gasteiger partial charge on any atom is -0.434 e. The van der Waals surface area contributed by atoms with Gasteiger partial charge in [-0.05, 0) is 77.9 Å². The number of rotatable bonds is 4. The predicted molar refractivity (Wildman–Crippen MR) is 92.5 cm³/mol. The Hall–Kier alpha value is -0.430. The number of alkyl halides is 2. The summed E-state index contributed by atoms with van der Waals surface area (Å²) in [5, 5.41) is 3.43. The fourth-order valence-corrected chi connectivity index (χ4v) is 4.14. The molecule has 2 aliphatic heterocycles. The minimum atomic E-state index is -2.79. The zero-order valence-corrected chi connectivity index (χ0v) is 15.3. The summed E-state index contributed by atoms with van der Waals surface area (Å²) in [5.41, 5.74) is 1.61. The molecule has 1 aromatic rings. The average molecular weight is 412 g/mol. The van der Waals surface area contributed by atoms with Crippen LogP contribution < -0.4 is 10.1 Å². The van der Waals surface area contributed by atoms with Crippen LogP contribution in [-0.4, -0.2) is 37.7 Å². The molecular formula is C16H22BrClF2N2O. The van der Waals surface area contributed by atoms with Gasteiger partial charge in [0, 0.05) is 13.1 Å². The van der Waals surface area contributed by atoms with Gasteiger partial charge in [-0.2, -0.15) is 8.78 Å². The molecule has 2 heterocycles.